The number of rotatable bonds is 5. The molecule has 0 fully saturated rings. The molecule has 0 saturated carbocycles. The van der Waals surface area contributed by atoms with Crippen LogP contribution in [0.3, 0.4) is 0 Å². The van der Waals surface area contributed by atoms with Gasteiger partial charge < -0.3 is 15.7 Å². The van der Waals surface area contributed by atoms with Gasteiger partial charge in [0.15, 0.2) is 0 Å². The second-order valence-corrected chi connectivity index (χ2v) is 3.76. The van der Waals surface area contributed by atoms with Crippen molar-refractivity contribution in [2.24, 2.45) is 0 Å². The zero-order valence-electron chi connectivity index (χ0n) is 9.09. The largest absolute Gasteiger partial charge is 0.395 e. The fraction of sp³-hybridized carbons (Fsp3) is 0.727. The molecule has 0 heterocycles. The van der Waals surface area contributed by atoms with Crippen molar-refractivity contribution in [1.82, 2.24) is 10.6 Å². The average molecular weight is 212 g/mol. The highest BCUT2D eigenvalue weighted by Gasteiger charge is 2.04. The Morgan fingerprint density at radius 1 is 1.33 bits per heavy atom. The molecule has 0 aromatic rings. The Bertz CT molecular complexity index is 227. The lowest BCUT2D eigenvalue weighted by Crippen LogP contribution is -2.37. The molecule has 4 nitrogen and oxygen atoms in total. The lowest BCUT2D eigenvalue weighted by molar-refractivity contribution is 0.234. The summed E-state index contributed by atoms with van der Waals surface area (Å²) in [4.78, 5) is 11.1. The molecule has 0 bridgehead atoms. The molecule has 1 aliphatic rings. The second kappa shape index (κ2) is 7.29. The lowest BCUT2D eigenvalue weighted by Gasteiger charge is -2.13. The molecule has 86 valence electrons. The third-order valence-corrected chi connectivity index (χ3v) is 2.51. The summed E-state index contributed by atoms with van der Waals surface area (Å²) in [5, 5.41) is 13.8. The van der Waals surface area contributed by atoms with Crippen LogP contribution in [0.5, 0.6) is 0 Å². The van der Waals surface area contributed by atoms with Gasteiger partial charge in [-0.2, -0.15) is 0 Å². The minimum absolute atomic E-state index is 0.0153. The number of urea groups is 1. The summed E-state index contributed by atoms with van der Waals surface area (Å²) in [6.07, 6.45) is 8.19. The van der Waals surface area contributed by atoms with Gasteiger partial charge in [0.25, 0.3) is 0 Å². The Kier molecular flexibility index (Phi) is 5.85. The van der Waals surface area contributed by atoms with E-state index >= 15 is 0 Å². The molecule has 0 aliphatic heterocycles. The Labute approximate surface area is 90.7 Å². The van der Waals surface area contributed by atoms with Gasteiger partial charge in [0.05, 0.1) is 6.61 Å². The van der Waals surface area contributed by atoms with Crippen LogP contribution < -0.4 is 10.6 Å². The van der Waals surface area contributed by atoms with Crippen molar-refractivity contribution < 1.29 is 9.90 Å². The first kappa shape index (κ1) is 12.0. The van der Waals surface area contributed by atoms with E-state index in [4.69, 9.17) is 5.11 Å². The normalized spacial score (nSPS) is 15.7. The van der Waals surface area contributed by atoms with E-state index in [-0.39, 0.29) is 12.6 Å². The molecule has 0 aromatic carbocycles. The van der Waals surface area contributed by atoms with Gasteiger partial charge in [0.2, 0.25) is 0 Å². The first-order valence-corrected chi connectivity index (χ1v) is 5.63. The van der Waals surface area contributed by atoms with Gasteiger partial charge in [-0.3, -0.25) is 0 Å². The van der Waals surface area contributed by atoms with Crippen molar-refractivity contribution in [3.8, 4) is 0 Å². The molecular weight excluding hydrogens is 192 g/mol. The maximum absolute atomic E-state index is 11.1. The molecular formula is C11H20N2O2. The van der Waals surface area contributed by atoms with Gasteiger partial charge >= 0.3 is 6.03 Å². The van der Waals surface area contributed by atoms with E-state index in [1.54, 1.807) is 0 Å². The summed E-state index contributed by atoms with van der Waals surface area (Å²) < 4.78 is 0. The number of carbonyl (C=O) groups excluding carboxylic acids is 1. The van der Waals surface area contributed by atoms with E-state index in [1.807, 2.05) is 0 Å². The number of carbonyl (C=O) groups is 1. The van der Waals surface area contributed by atoms with Crippen molar-refractivity contribution in [3.05, 3.63) is 11.6 Å². The average Bonchev–Trinajstić information content (AvgIpc) is 2.28. The number of allylic oxidation sites excluding steroid dienone is 1. The topological polar surface area (TPSA) is 61.4 Å². The van der Waals surface area contributed by atoms with E-state index in [0.29, 0.717) is 13.1 Å². The van der Waals surface area contributed by atoms with Gasteiger partial charge in [-0.15, -0.1) is 0 Å². The number of amides is 2. The highest BCUT2D eigenvalue weighted by molar-refractivity contribution is 5.73. The van der Waals surface area contributed by atoms with E-state index < -0.39 is 0 Å². The van der Waals surface area contributed by atoms with E-state index in [9.17, 15) is 4.79 Å². The molecule has 15 heavy (non-hydrogen) atoms. The molecule has 0 saturated heterocycles. The molecule has 0 unspecified atom stereocenters. The number of aliphatic hydroxyl groups excluding tert-OH is 1. The van der Waals surface area contributed by atoms with Crippen LogP contribution in [0.25, 0.3) is 0 Å². The van der Waals surface area contributed by atoms with Crippen LogP contribution in [-0.4, -0.2) is 30.8 Å². The van der Waals surface area contributed by atoms with Gasteiger partial charge in [0.1, 0.15) is 0 Å². The molecule has 0 atom stereocenters. The van der Waals surface area contributed by atoms with Crippen molar-refractivity contribution >= 4 is 6.03 Å². The Hall–Kier alpha value is -1.03. The molecule has 1 rings (SSSR count). The van der Waals surface area contributed by atoms with Crippen LogP contribution in [0.2, 0.25) is 0 Å². The first-order chi connectivity index (χ1) is 7.33. The van der Waals surface area contributed by atoms with E-state index in [2.05, 4.69) is 16.7 Å². The monoisotopic (exact) mass is 212 g/mol. The highest BCUT2D eigenvalue weighted by Crippen LogP contribution is 2.19. The summed E-state index contributed by atoms with van der Waals surface area (Å²) in [6.45, 7) is 0.982. The van der Waals surface area contributed by atoms with Crippen LogP contribution in [-0.2, 0) is 0 Å². The lowest BCUT2D eigenvalue weighted by atomic mass is 9.97. The second-order valence-electron chi connectivity index (χ2n) is 3.76. The number of hydrogen-bond acceptors (Lipinski definition) is 2. The van der Waals surface area contributed by atoms with Crippen LogP contribution in [0, 0.1) is 0 Å². The Balaban J connectivity index is 2.04. The molecule has 2 amide bonds. The summed E-state index contributed by atoms with van der Waals surface area (Å²) in [5.41, 5.74) is 1.46. The fourth-order valence-corrected chi connectivity index (χ4v) is 1.70. The van der Waals surface area contributed by atoms with Gasteiger partial charge in [-0.05, 0) is 32.1 Å². The standard InChI is InChI=1S/C11H20N2O2/c14-9-8-13-11(15)12-7-6-10-4-2-1-3-5-10/h4,14H,1-3,5-9H2,(H2,12,13,15). The highest BCUT2D eigenvalue weighted by atomic mass is 16.3. The van der Waals surface area contributed by atoms with Gasteiger partial charge in [-0.1, -0.05) is 11.6 Å². The van der Waals surface area contributed by atoms with E-state index in [1.165, 1.54) is 31.3 Å². The molecule has 1 aliphatic carbocycles. The fourth-order valence-electron chi connectivity index (χ4n) is 1.70. The third kappa shape index (κ3) is 5.42. The van der Waals surface area contributed by atoms with Crippen LogP contribution >= 0.6 is 0 Å². The first-order valence-electron chi connectivity index (χ1n) is 5.63. The maximum Gasteiger partial charge on any atom is 0.314 e. The number of aliphatic hydroxyl groups is 1. The van der Waals surface area contributed by atoms with Crippen LogP contribution in [0.15, 0.2) is 11.6 Å². The maximum atomic E-state index is 11.1. The van der Waals surface area contributed by atoms with Crippen molar-refractivity contribution in [2.75, 3.05) is 19.7 Å². The smallest absolute Gasteiger partial charge is 0.314 e. The minimum Gasteiger partial charge on any atom is -0.395 e. The molecule has 0 spiro atoms. The minimum atomic E-state index is -0.194. The van der Waals surface area contributed by atoms with Crippen LogP contribution in [0.4, 0.5) is 4.79 Å². The molecule has 3 N–H and O–H groups in total. The van der Waals surface area contributed by atoms with E-state index in [0.717, 1.165) is 6.42 Å². The quantitative estimate of drug-likeness (QED) is 0.599. The van der Waals surface area contributed by atoms with Crippen molar-refractivity contribution in [1.29, 1.82) is 0 Å². The number of hydrogen-bond donors (Lipinski definition) is 3. The molecule has 0 radical (unpaired) electrons. The SMILES string of the molecule is O=C(NCCO)NCCC1=CCCCC1. The predicted octanol–water partition coefficient (Wildman–Crippen LogP) is 1.17. The van der Waals surface area contributed by atoms with Crippen LogP contribution in [0.1, 0.15) is 32.1 Å². The van der Waals surface area contributed by atoms with Gasteiger partial charge in [0, 0.05) is 13.1 Å². The zero-order chi connectivity index (χ0) is 10.9. The molecule has 4 heteroatoms. The molecule has 0 aromatic heterocycles. The third-order valence-electron chi connectivity index (χ3n) is 2.51. The zero-order valence-corrected chi connectivity index (χ0v) is 9.09. The van der Waals surface area contributed by atoms with Crippen molar-refractivity contribution in [2.45, 2.75) is 32.1 Å². The summed E-state index contributed by atoms with van der Waals surface area (Å²) in [6, 6.07) is -0.194. The Morgan fingerprint density at radius 3 is 2.80 bits per heavy atom. The summed E-state index contributed by atoms with van der Waals surface area (Å²) in [5.74, 6) is 0. The van der Waals surface area contributed by atoms with Crippen molar-refractivity contribution in [3.63, 3.8) is 0 Å². The number of nitrogens with one attached hydrogen (secondary N) is 2. The Morgan fingerprint density at radius 2 is 2.13 bits per heavy atom. The summed E-state index contributed by atoms with van der Waals surface area (Å²) >= 11 is 0. The van der Waals surface area contributed by atoms with Gasteiger partial charge in [-0.25, -0.2) is 4.79 Å². The summed E-state index contributed by atoms with van der Waals surface area (Å²) in [7, 11) is 0. The predicted molar refractivity (Wildman–Crippen MR) is 59.7 cm³/mol.